The molecule has 2 heterocycles. The quantitative estimate of drug-likeness (QED) is 0.787. The van der Waals surface area contributed by atoms with Crippen molar-refractivity contribution in [3.05, 3.63) is 12.1 Å². The number of nitrogens with one attached hydrogen (secondary N) is 1. The SMILES string of the molecule is COc1cc2nc(NCC3CC(=O)N(C4CCCC4)C3)nc(N)c2cc1OC. The van der Waals surface area contributed by atoms with Crippen molar-refractivity contribution in [1.29, 1.82) is 0 Å². The number of carbonyl (C=O) groups excluding carboxylic acids is 1. The Morgan fingerprint density at radius 1 is 1.18 bits per heavy atom. The number of likely N-dealkylation sites (tertiary alicyclic amines) is 1. The van der Waals surface area contributed by atoms with Crippen molar-refractivity contribution in [2.45, 2.75) is 38.1 Å². The molecule has 1 saturated carbocycles. The summed E-state index contributed by atoms with van der Waals surface area (Å²) in [6, 6.07) is 4.01. The summed E-state index contributed by atoms with van der Waals surface area (Å²) in [7, 11) is 3.16. The number of hydrogen-bond donors (Lipinski definition) is 2. The van der Waals surface area contributed by atoms with Crippen LogP contribution in [-0.4, -0.2) is 54.1 Å². The number of carbonyl (C=O) groups is 1. The zero-order chi connectivity index (χ0) is 19.7. The number of nitrogens with two attached hydrogens (primary N) is 1. The van der Waals surface area contributed by atoms with Crippen LogP contribution in [0.4, 0.5) is 11.8 Å². The summed E-state index contributed by atoms with van der Waals surface area (Å²) >= 11 is 0. The number of aromatic nitrogens is 2. The van der Waals surface area contributed by atoms with E-state index in [1.807, 2.05) is 0 Å². The van der Waals surface area contributed by atoms with Crippen molar-refractivity contribution in [3.8, 4) is 11.5 Å². The lowest BCUT2D eigenvalue weighted by Crippen LogP contribution is -2.34. The van der Waals surface area contributed by atoms with E-state index in [4.69, 9.17) is 15.2 Å². The van der Waals surface area contributed by atoms with Crippen molar-refractivity contribution in [2.75, 3.05) is 38.4 Å². The summed E-state index contributed by atoms with van der Waals surface area (Å²) in [5.74, 6) is 2.55. The smallest absolute Gasteiger partial charge is 0.225 e. The highest BCUT2D eigenvalue weighted by atomic mass is 16.5. The molecule has 0 radical (unpaired) electrons. The van der Waals surface area contributed by atoms with E-state index in [0.29, 0.717) is 53.2 Å². The topological polar surface area (TPSA) is 103 Å². The molecule has 1 atom stereocenters. The molecule has 2 aliphatic rings. The van der Waals surface area contributed by atoms with Crippen LogP contribution < -0.4 is 20.5 Å². The Morgan fingerprint density at radius 3 is 2.61 bits per heavy atom. The fourth-order valence-electron chi connectivity index (χ4n) is 4.31. The molecule has 1 amide bonds. The molecular weight excluding hydrogens is 358 g/mol. The van der Waals surface area contributed by atoms with Gasteiger partial charge in [-0.3, -0.25) is 4.79 Å². The van der Waals surface area contributed by atoms with E-state index < -0.39 is 0 Å². The molecule has 1 unspecified atom stereocenters. The number of fused-ring (bicyclic) bond motifs is 1. The molecule has 150 valence electrons. The monoisotopic (exact) mass is 385 g/mol. The minimum Gasteiger partial charge on any atom is -0.493 e. The molecule has 1 aromatic heterocycles. The van der Waals surface area contributed by atoms with Crippen LogP contribution in [-0.2, 0) is 4.79 Å². The molecule has 8 nitrogen and oxygen atoms in total. The number of benzene rings is 1. The van der Waals surface area contributed by atoms with Gasteiger partial charge >= 0.3 is 0 Å². The molecule has 1 aliphatic carbocycles. The zero-order valence-electron chi connectivity index (χ0n) is 16.4. The first-order valence-corrected chi connectivity index (χ1v) is 9.81. The molecule has 2 aromatic rings. The zero-order valence-corrected chi connectivity index (χ0v) is 16.4. The van der Waals surface area contributed by atoms with E-state index in [2.05, 4.69) is 20.2 Å². The molecule has 1 aliphatic heterocycles. The average molecular weight is 385 g/mol. The largest absolute Gasteiger partial charge is 0.493 e. The molecular formula is C20H27N5O3. The molecule has 8 heteroatoms. The van der Waals surface area contributed by atoms with Crippen molar-refractivity contribution >= 4 is 28.6 Å². The molecule has 1 aromatic carbocycles. The maximum atomic E-state index is 12.4. The molecule has 3 N–H and O–H groups in total. The fourth-order valence-corrected chi connectivity index (χ4v) is 4.31. The number of amides is 1. The molecule has 28 heavy (non-hydrogen) atoms. The van der Waals surface area contributed by atoms with Gasteiger partial charge in [0.2, 0.25) is 11.9 Å². The van der Waals surface area contributed by atoms with E-state index in [1.165, 1.54) is 12.8 Å². The summed E-state index contributed by atoms with van der Waals surface area (Å²) in [5.41, 5.74) is 6.82. The first-order valence-electron chi connectivity index (χ1n) is 9.81. The van der Waals surface area contributed by atoms with Gasteiger partial charge < -0.3 is 25.4 Å². The lowest BCUT2D eigenvalue weighted by molar-refractivity contribution is -0.129. The third-order valence-electron chi connectivity index (χ3n) is 5.78. The predicted molar refractivity (Wildman–Crippen MR) is 108 cm³/mol. The van der Waals surface area contributed by atoms with Crippen LogP contribution in [0.3, 0.4) is 0 Å². The van der Waals surface area contributed by atoms with Gasteiger partial charge in [-0.15, -0.1) is 0 Å². The number of anilines is 2. The molecule has 0 bridgehead atoms. The molecule has 4 rings (SSSR count). The van der Waals surface area contributed by atoms with Crippen molar-refractivity contribution in [3.63, 3.8) is 0 Å². The van der Waals surface area contributed by atoms with E-state index in [1.54, 1.807) is 26.4 Å². The van der Waals surface area contributed by atoms with Gasteiger partial charge in [0, 0.05) is 42.9 Å². The highest BCUT2D eigenvalue weighted by Crippen LogP contribution is 2.34. The first-order chi connectivity index (χ1) is 13.6. The summed E-state index contributed by atoms with van der Waals surface area (Å²) < 4.78 is 10.7. The Kier molecular flexibility index (Phi) is 5.11. The van der Waals surface area contributed by atoms with Gasteiger partial charge in [-0.05, 0) is 18.9 Å². The van der Waals surface area contributed by atoms with Crippen molar-refractivity contribution in [2.24, 2.45) is 5.92 Å². The maximum Gasteiger partial charge on any atom is 0.225 e. The number of ether oxygens (including phenoxy) is 2. The van der Waals surface area contributed by atoms with Gasteiger partial charge in [-0.25, -0.2) is 4.98 Å². The minimum atomic E-state index is 0.263. The van der Waals surface area contributed by atoms with Gasteiger partial charge in [0.1, 0.15) is 5.82 Å². The number of methoxy groups -OCH3 is 2. The van der Waals surface area contributed by atoms with Gasteiger partial charge in [0.05, 0.1) is 19.7 Å². The minimum absolute atomic E-state index is 0.263. The highest BCUT2D eigenvalue weighted by molar-refractivity contribution is 5.91. The third kappa shape index (κ3) is 3.50. The Balaban J connectivity index is 1.47. The van der Waals surface area contributed by atoms with Crippen LogP contribution in [0.15, 0.2) is 12.1 Å². The van der Waals surface area contributed by atoms with Gasteiger partial charge in [0.25, 0.3) is 0 Å². The van der Waals surface area contributed by atoms with E-state index in [0.717, 1.165) is 19.4 Å². The Labute approximate surface area is 164 Å². The summed E-state index contributed by atoms with van der Waals surface area (Å²) in [5, 5.41) is 3.98. The summed E-state index contributed by atoms with van der Waals surface area (Å²) in [6.45, 7) is 1.46. The standard InChI is InChI=1S/C20H27N5O3/c1-27-16-8-14-15(9-17(16)28-2)23-20(24-19(14)21)22-10-12-7-18(26)25(11-12)13-5-3-4-6-13/h8-9,12-13H,3-7,10-11H2,1-2H3,(H3,21,22,23,24). The Hall–Kier alpha value is -2.77. The maximum absolute atomic E-state index is 12.4. The second-order valence-corrected chi connectivity index (χ2v) is 7.59. The Morgan fingerprint density at radius 2 is 1.89 bits per heavy atom. The lowest BCUT2D eigenvalue weighted by Gasteiger charge is -2.24. The second kappa shape index (κ2) is 7.69. The van der Waals surface area contributed by atoms with Gasteiger partial charge in [-0.2, -0.15) is 4.98 Å². The molecule has 0 spiro atoms. The average Bonchev–Trinajstić information content (AvgIpc) is 3.34. The van der Waals surface area contributed by atoms with E-state index in [-0.39, 0.29) is 11.8 Å². The summed E-state index contributed by atoms with van der Waals surface area (Å²) in [6.07, 6.45) is 5.33. The predicted octanol–water partition coefficient (Wildman–Crippen LogP) is 2.43. The van der Waals surface area contributed by atoms with E-state index in [9.17, 15) is 4.79 Å². The van der Waals surface area contributed by atoms with Crippen molar-refractivity contribution < 1.29 is 14.3 Å². The number of hydrogen-bond acceptors (Lipinski definition) is 7. The van der Waals surface area contributed by atoms with Crippen LogP contribution in [0.1, 0.15) is 32.1 Å². The highest BCUT2D eigenvalue weighted by Gasteiger charge is 2.35. The summed E-state index contributed by atoms with van der Waals surface area (Å²) in [4.78, 5) is 23.4. The second-order valence-electron chi connectivity index (χ2n) is 7.59. The lowest BCUT2D eigenvalue weighted by atomic mass is 10.1. The van der Waals surface area contributed by atoms with Gasteiger partial charge in [-0.1, -0.05) is 12.8 Å². The van der Waals surface area contributed by atoms with Crippen LogP contribution >= 0.6 is 0 Å². The number of nitrogens with zero attached hydrogens (tertiary/aromatic N) is 3. The fraction of sp³-hybridized carbons (Fsp3) is 0.550. The number of rotatable bonds is 6. The normalized spacial score (nSPS) is 20.1. The van der Waals surface area contributed by atoms with E-state index >= 15 is 0 Å². The van der Waals surface area contributed by atoms with Gasteiger partial charge in [0.15, 0.2) is 11.5 Å². The van der Waals surface area contributed by atoms with Crippen LogP contribution in [0.2, 0.25) is 0 Å². The van der Waals surface area contributed by atoms with Crippen LogP contribution in [0.25, 0.3) is 10.9 Å². The molecule has 2 fully saturated rings. The Bertz CT molecular complexity index is 882. The van der Waals surface area contributed by atoms with Crippen LogP contribution in [0.5, 0.6) is 11.5 Å². The van der Waals surface area contributed by atoms with Crippen LogP contribution in [0, 0.1) is 5.92 Å². The molecule has 1 saturated heterocycles. The first kappa shape index (κ1) is 18.6. The van der Waals surface area contributed by atoms with Crippen molar-refractivity contribution in [1.82, 2.24) is 14.9 Å². The number of nitrogen functional groups attached to an aromatic ring is 1. The third-order valence-corrected chi connectivity index (χ3v) is 5.78.